The molecule has 0 amide bonds. The Bertz CT molecular complexity index is 978. The minimum Gasteiger partial charge on any atom is -0.352 e. The molecule has 3 aromatic rings. The summed E-state index contributed by atoms with van der Waals surface area (Å²) in [7, 11) is 0. The van der Waals surface area contributed by atoms with Gasteiger partial charge in [-0.25, -0.2) is 4.63 Å². The van der Waals surface area contributed by atoms with Gasteiger partial charge in [0.25, 0.3) is 0 Å². The number of nitrogens with one attached hydrogen (secondary N) is 2. The fourth-order valence-electron chi connectivity index (χ4n) is 3.73. The highest BCUT2D eigenvalue weighted by Gasteiger charge is 2.37. The van der Waals surface area contributed by atoms with Crippen molar-refractivity contribution in [3.05, 3.63) is 69.6 Å². The van der Waals surface area contributed by atoms with Gasteiger partial charge in [0.1, 0.15) is 0 Å². The summed E-state index contributed by atoms with van der Waals surface area (Å²) in [5.74, 6) is 1.36. The Morgan fingerprint density at radius 1 is 1.04 bits per heavy atom. The second kappa shape index (κ2) is 6.10. The molecule has 3 heterocycles. The molecule has 0 saturated heterocycles. The Morgan fingerprint density at radius 3 is 2.69 bits per heavy atom. The first-order chi connectivity index (χ1) is 12.8. The highest BCUT2D eigenvalue weighted by Crippen LogP contribution is 2.44. The number of rotatable bonds is 2. The van der Waals surface area contributed by atoms with Gasteiger partial charge >= 0.3 is 0 Å². The van der Waals surface area contributed by atoms with E-state index < -0.39 is 0 Å². The number of fused-ring (bicyclic) bond motifs is 1. The standard InChI is InChI=1S/C19H16N4O2S/c24-14-10-12(11-5-2-1-3-6-11)9-13-16(14)17(15-7-4-8-26-15)21-19-18(20-13)22-25-23-19/h1-8,12,17H,9-10H2,(H,20,22)(H,21,23)/t12-,17-/m0/s1. The van der Waals surface area contributed by atoms with Crippen LogP contribution in [0, 0.1) is 0 Å². The maximum absolute atomic E-state index is 13.1. The highest BCUT2D eigenvalue weighted by molar-refractivity contribution is 7.10. The van der Waals surface area contributed by atoms with Gasteiger partial charge in [-0.15, -0.1) is 11.3 Å². The predicted molar refractivity (Wildman–Crippen MR) is 99.1 cm³/mol. The summed E-state index contributed by atoms with van der Waals surface area (Å²) >= 11 is 1.62. The Kier molecular flexibility index (Phi) is 3.60. The Balaban J connectivity index is 1.60. The zero-order chi connectivity index (χ0) is 17.5. The lowest BCUT2D eigenvalue weighted by Crippen LogP contribution is -2.26. The first kappa shape index (κ1) is 15.3. The average Bonchev–Trinajstić information content (AvgIpc) is 3.31. The largest absolute Gasteiger partial charge is 0.352 e. The van der Waals surface area contributed by atoms with Crippen LogP contribution in [-0.2, 0) is 4.79 Å². The number of carbonyl (C=O) groups is 1. The monoisotopic (exact) mass is 364 g/mol. The van der Waals surface area contributed by atoms with Crippen molar-refractivity contribution in [1.82, 2.24) is 10.3 Å². The molecule has 0 radical (unpaired) electrons. The number of hydrogen-bond donors (Lipinski definition) is 2. The fraction of sp³-hybridized carbons (Fsp3) is 0.211. The smallest absolute Gasteiger partial charge is 0.219 e. The molecule has 26 heavy (non-hydrogen) atoms. The molecular formula is C19H16N4O2S. The second-order valence-corrected chi connectivity index (χ2v) is 7.49. The van der Waals surface area contributed by atoms with Crippen molar-refractivity contribution in [2.45, 2.75) is 24.8 Å². The van der Waals surface area contributed by atoms with Crippen molar-refractivity contribution in [2.24, 2.45) is 0 Å². The topological polar surface area (TPSA) is 80.1 Å². The number of aromatic nitrogens is 2. The molecule has 0 bridgehead atoms. The third-order valence-electron chi connectivity index (χ3n) is 4.93. The quantitative estimate of drug-likeness (QED) is 0.712. The maximum atomic E-state index is 13.1. The Morgan fingerprint density at radius 2 is 1.88 bits per heavy atom. The van der Waals surface area contributed by atoms with Gasteiger partial charge in [-0.05, 0) is 39.7 Å². The van der Waals surface area contributed by atoms with E-state index in [1.54, 1.807) is 11.3 Å². The normalized spacial score (nSPS) is 22.1. The molecular weight excluding hydrogens is 348 g/mol. The number of Topliss-reactive ketones (excluding diaryl/α,β-unsaturated/α-hetero) is 1. The number of anilines is 2. The molecule has 7 heteroatoms. The highest BCUT2D eigenvalue weighted by atomic mass is 32.1. The van der Waals surface area contributed by atoms with Crippen LogP contribution in [0.15, 0.2) is 63.7 Å². The van der Waals surface area contributed by atoms with Crippen LogP contribution in [0.25, 0.3) is 0 Å². The molecule has 0 spiro atoms. The van der Waals surface area contributed by atoms with E-state index in [0.29, 0.717) is 18.1 Å². The van der Waals surface area contributed by atoms with E-state index in [1.165, 1.54) is 5.56 Å². The van der Waals surface area contributed by atoms with Crippen LogP contribution in [0.3, 0.4) is 0 Å². The van der Waals surface area contributed by atoms with Gasteiger partial charge in [-0.1, -0.05) is 36.4 Å². The minimum atomic E-state index is -0.241. The molecule has 2 aliphatic rings. The summed E-state index contributed by atoms with van der Waals surface area (Å²) in [6.45, 7) is 0. The number of benzene rings is 1. The molecule has 1 aliphatic heterocycles. The molecule has 2 N–H and O–H groups in total. The lowest BCUT2D eigenvalue weighted by Gasteiger charge is -2.29. The molecule has 0 unspecified atom stereocenters. The summed E-state index contributed by atoms with van der Waals surface area (Å²) < 4.78 is 4.88. The zero-order valence-electron chi connectivity index (χ0n) is 13.8. The van der Waals surface area contributed by atoms with Crippen molar-refractivity contribution < 1.29 is 9.42 Å². The lowest BCUT2D eigenvalue weighted by molar-refractivity contribution is -0.116. The molecule has 5 rings (SSSR count). The van der Waals surface area contributed by atoms with Crippen LogP contribution in [0.4, 0.5) is 11.6 Å². The molecule has 1 aromatic carbocycles. The predicted octanol–water partition coefficient (Wildman–Crippen LogP) is 4.11. The van der Waals surface area contributed by atoms with E-state index >= 15 is 0 Å². The third kappa shape index (κ3) is 2.52. The number of hydrogen-bond acceptors (Lipinski definition) is 7. The van der Waals surface area contributed by atoms with Crippen molar-refractivity contribution in [3.8, 4) is 0 Å². The molecule has 1 aliphatic carbocycles. The summed E-state index contributed by atoms with van der Waals surface area (Å²) in [5, 5.41) is 16.5. The summed E-state index contributed by atoms with van der Waals surface area (Å²) in [4.78, 5) is 14.2. The van der Waals surface area contributed by atoms with Crippen molar-refractivity contribution in [3.63, 3.8) is 0 Å². The van der Waals surface area contributed by atoms with Gasteiger partial charge < -0.3 is 10.6 Å². The van der Waals surface area contributed by atoms with Gasteiger partial charge in [0.15, 0.2) is 5.78 Å². The van der Waals surface area contributed by atoms with Gasteiger partial charge in [0.2, 0.25) is 11.6 Å². The van der Waals surface area contributed by atoms with E-state index in [9.17, 15) is 4.79 Å². The van der Waals surface area contributed by atoms with Crippen molar-refractivity contribution in [1.29, 1.82) is 0 Å². The lowest BCUT2D eigenvalue weighted by atomic mass is 9.79. The SMILES string of the molecule is O=C1C[C@@H](c2ccccc2)CC2=C1[C@H](c1cccs1)Nc1nonc1N2. The zero-order valence-corrected chi connectivity index (χ0v) is 14.6. The van der Waals surface area contributed by atoms with Crippen LogP contribution in [0.1, 0.15) is 35.2 Å². The van der Waals surface area contributed by atoms with Gasteiger partial charge in [0.05, 0.1) is 6.04 Å². The van der Waals surface area contributed by atoms with Crippen LogP contribution in [0.2, 0.25) is 0 Å². The molecule has 0 fully saturated rings. The summed E-state index contributed by atoms with van der Waals surface area (Å²) in [6, 6.07) is 14.0. The minimum absolute atomic E-state index is 0.153. The average molecular weight is 364 g/mol. The molecule has 130 valence electrons. The first-order valence-electron chi connectivity index (χ1n) is 8.50. The number of ketones is 1. The molecule has 6 nitrogen and oxygen atoms in total. The summed E-state index contributed by atoms with van der Waals surface area (Å²) in [5.41, 5.74) is 2.85. The Hall–Kier alpha value is -2.93. The summed E-state index contributed by atoms with van der Waals surface area (Å²) in [6.07, 6.45) is 1.25. The van der Waals surface area contributed by atoms with Crippen LogP contribution < -0.4 is 10.6 Å². The van der Waals surface area contributed by atoms with Crippen molar-refractivity contribution >= 4 is 28.8 Å². The van der Waals surface area contributed by atoms with Crippen LogP contribution in [0.5, 0.6) is 0 Å². The van der Waals surface area contributed by atoms with Crippen LogP contribution in [-0.4, -0.2) is 16.1 Å². The van der Waals surface area contributed by atoms with Crippen molar-refractivity contribution in [2.75, 3.05) is 10.6 Å². The maximum Gasteiger partial charge on any atom is 0.219 e. The first-order valence-corrected chi connectivity index (χ1v) is 9.38. The number of allylic oxidation sites excluding steroid dienone is 1. The van der Waals surface area contributed by atoms with Gasteiger partial charge in [0, 0.05) is 22.6 Å². The van der Waals surface area contributed by atoms with E-state index in [1.807, 2.05) is 35.7 Å². The molecule has 2 atom stereocenters. The second-order valence-electron chi connectivity index (χ2n) is 6.51. The number of carbonyl (C=O) groups excluding carboxylic acids is 1. The molecule has 0 saturated carbocycles. The third-order valence-corrected chi connectivity index (χ3v) is 5.87. The van der Waals surface area contributed by atoms with Gasteiger partial charge in [-0.2, -0.15) is 0 Å². The fourth-order valence-corrected chi connectivity index (χ4v) is 4.52. The number of thiophene rings is 1. The van der Waals surface area contributed by atoms with E-state index in [4.69, 9.17) is 4.63 Å². The van der Waals surface area contributed by atoms with Gasteiger partial charge in [-0.3, -0.25) is 4.79 Å². The molecule has 2 aromatic heterocycles. The van der Waals surface area contributed by atoms with E-state index in [0.717, 1.165) is 22.6 Å². The van der Waals surface area contributed by atoms with E-state index in [-0.39, 0.29) is 17.7 Å². The van der Waals surface area contributed by atoms with Crippen LogP contribution >= 0.6 is 11.3 Å². The Labute approximate surface area is 153 Å². The van der Waals surface area contributed by atoms with E-state index in [2.05, 4.69) is 33.1 Å². The number of nitrogens with zero attached hydrogens (tertiary/aromatic N) is 2.